The summed E-state index contributed by atoms with van der Waals surface area (Å²) >= 11 is 0. The highest BCUT2D eigenvalue weighted by atomic mass is 16.6. The minimum absolute atomic E-state index is 0.108. The van der Waals surface area contributed by atoms with E-state index in [-0.39, 0.29) is 24.3 Å². The van der Waals surface area contributed by atoms with Gasteiger partial charge in [-0.3, -0.25) is 0 Å². The Kier molecular flexibility index (Phi) is 4.08. The highest BCUT2D eigenvalue weighted by molar-refractivity contribution is 5.69. The number of pyridine rings is 1. The van der Waals surface area contributed by atoms with Gasteiger partial charge in [0.2, 0.25) is 0 Å². The number of nitrogen functional groups attached to an aromatic ring is 1. The Bertz CT molecular complexity index is 553. The largest absolute Gasteiger partial charge is 0.489 e. The van der Waals surface area contributed by atoms with Crippen molar-refractivity contribution in [2.24, 2.45) is 0 Å². The number of amides is 1. The van der Waals surface area contributed by atoms with Crippen molar-refractivity contribution in [1.29, 1.82) is 0 Å². The molecule has 0 aliphatic carbocycles. The molecule has 0 radical (unpaired) electrons. The second-order valence-electron chi connectivity index (χ2n) is 7.40. The number of aromatic nitrogens is 1. The van der Waals surface area contributed by atoms with E-state index in [1.807, 2.05) is 31.7 Å². The van der Waals surface area contributed by atoms with E-state index < -0.39 is 5.60 Å². The lowest BCUT2D eigenvalue weighted by molar-refractivity contribution is -0.00711. The summed E-state index contributed by atoms with van der Waals surface area (Å²) in [5.74, 6) is 1.21. The number of nitrogens with two attached hydrogens (primary N) is 1. The molecule has 3 heterocycles. The average Bonchev–Trinajstić information content (AvgIpc) is 2.72. The molecular weight excluding hydrogens is 294 g/mol. The van der Waals surface area contributed by atoms with Crippen molar-refractivity contribution < 1.29 is 14.3 Å². The third kappa shape index (κ3) is 3.68. The molecule has 23 heavy (non-hydrogen) atoms. The predicted molar refractivity (Wildman–Crippen MR) is 87.2 cm³/mol. The van der Waals surface area contributed by atoms with Crippen molar-refractivity contribution in [2.75, 3.05) is 5.73 Å². The molecule has 2 saturated heterocycles. The fourth-order valence-corrected chi connectivity index (χ4v) is 3.49. The van der Waals surface area contributed by atoms with Crippen molar-refractivity contribution in [2.45, 2.75) is 70.2 Å². The fourth-order valence-electron chi connectivity index (χ4n) is 3.49. The zero-order chi connectivity index (χ0) is 16.6. The van der Waals surface area contributed by atoms with E-state index in [1.165, 1.54) is 0 Å². The maximum Gasteiger partial charge on any atom is 0.410 e. The lowest BCUT2D eigenvalue weighted by Gasteiger charge is -2.39. The first kappa shape index (κ1) is 15.9. The van der Waals surface area contributed by atoms with Crippen LogP contribution in [0.5, 0.6) is 5.75 Å². The molecule has 1 aromatic heterocycles. The number of nitrogens with zero attached hydrogens (tertiary/aromatic N) is 2. The third-order valence-electron chi connectivity index (χ3n) is 4.36. The van der Waals surface area contributed by atoms with Crippen molar-refractivity contribution in [3.8, 4) is 5.75 Å². The number of ether oxygens (including phenoxy) is 2. The smallest absolute Gasteiger partial charge is 0.410 e. The van der Waals surface area contributed by atoms with Crippen LogP contribution in [-0.2, 0) is 4.74 Å². The first-order chi connectivity index (χ1) is 10.8. The van der Waals surface area contributed by atoms with Gasteiger partial charge in [0.15, 0.2) is 0 Å². The van der Waals surface area contributed by atoms with Gasteiger partial charge in [-0.05, 0) is 45.7 Å². The summed E-state index contributed by atoms with van der Waals surface area (Å²) < 4.78 is 11.6. The van der Waals surface area contributed by atoms with Gasteiger partial charge in [0.1, 0.15) is 23.3 Å². The zero-order valence-electron chi connectivity index (χ0n) is 14.0. The molecule has 2 bridgehead atoms. The Labute approximate surface area is 137 Å². The molecule has 2 atom stereocenters. The average molecular weight is 319 g/mol. The van der Waals surface area contributed by atoms with E-state index >= 15 is 0 Å². The van der Waals surface area contributed by atoms with Gasteiger partial charge in [-0.15, -0.1) is 0 Å². The zero-order valence-corrected chi connectivity index (χ0v) is 14.0. The number of fused-ring (bicyclic) bond motifs is 2. The molecule has 0 aromatic carbocycles. The van der Waals surface area contributed by atoms with Gasteiger partial charge in [0, 0.05) is 24.9 Å². The van der Waals surface area contributed by atoms with Crippen molar-refractivity contribution in [3.63, 3.8) is 0 Å². The quantitative estimate of drug-likeness (QED) is 0.906. The molecule has 2 fully saturated rings. The van der Waals surface area contributed by atoms with Crippen LogP contribution in [0.2, 0.25) is 0 Å². The summed E-state index contributed by atoms with van der Waals surface area (Å²) in [7, 11) is 0. The number of carbonyl (C=O) groups is 1. The number of carbonyl (C=O) groups excluding carboxylic acids is 1. The molecule has 0 saturated carbocycles. The predicted octanol–water partition coefficient (Wildman–Crippen LogP) is 2.97. The normalized spacial score (nSPS) is 26.9. The Balaban J connectivity index is 1.62. The maximum absolute atomic E-state index is 12.4. The summed E-state index contributed by atoms with van der Waals surface area (Å²) in [6.07, 6.45) is 5.26. The molecule has 2 aliphatic heterocycles. The minimum Gasteiger partial charge on any atom is -0.489 e. The summed E-state index contributed by atoms with van der Waals surface area (Å²) in [5, 5.41) is 0. The number of piperidine rings is 1. The van der Waals surface area contributed by atoms with Crippen molar-refractivity contribution >= 4 is 11.9 Å². The molecule has 6 heteroatoms. The molecule has 1 amide bonds. The van der Waals surface area contributed by atoms with Crippen LogP contribution in [0, 0.1) is 0 Å². The van der Waals surface area contributed by atoms with E-state index in [1.54, 1.807) is 12.3 Å². The Morgan fingerprint density at radius 2 is 1.91 bits per heavy atom. The molecule has 2 unspecified atom stereocenters. The minimum atomic E-state index is -0.459. The lowest BCUT2D eigenvalue weighted by atomic mass is 10.00. The van der Waals surface area contributed by atoms with Crippen LogP contribution in [-0.4, -0.2) is 39.8 Å². The van der Waals surface area contributed by atoms with Gasteiger partial charge in [0.25, 0.3) is 0 Å². The van der Waals surface area contributed by atoms with Crippen molar-refractivity contribution in [3.05, 3.63) is 18.3 Å². The topological polar surface area (TPSA) is 77.7 Å². The van der Waals surface area contributed by atoms with E-state index in [2.05, 4.69) is 4.98 Å². The summed E-state index contributed by atoms with van der Waals surface area (Å²) in [4.78, 5) is 18.4. The maximum atomic E-state index is 12.4. The SMILES string of the molecule is CC(C)(C)OC(=O)N1C2CCC1CC(Oc1ccc(N)nc1)C2. The second kappa shape index (κ2) is 5.91. The second-order valence-corrected chi connectivity index (χ2v) is 7.40. The van der Waals surface area contributed by atoms with Gasteiger partial charge < -0.3 is 20.1 Å². The highest BCUT2D eigenvalue weighted by Crippen LogP contribution is 2.38. The third-order valence-corrected chi connectivity index (χ3v) is 4.36. The van der Waals surface area contributed by atoms with E-state index in [4.69, 9.17) is 15.2 Å². The van der Waals surface area contributed by atoms with E-state index in [9.17, 15) is 4.79 Å². The van der Waals surface area contributed by atoms with E-state index in [0.717, 1.165) is 31.4 Å². The summed E-state index contributed by atoms with van der Waals surface area (Å²) in [5.41, 5.74) is 5.13. The number of hydrogen-bond acceptors (Lipinski definition) is 5. The van der Waals surface area contributed by atoms with E-state index in [0.29, 0.717) is 5.82 Å². The van der Waals surface area contributed by atoms with Gasteiger partial charge >= 0.3 is 6.09 Å². The summed E-state index contributed by atoms with van der Waals surface area (Å²) in [6, 6.07) is 3.98. The molecule has 2 N–H and O–H groups in total. The summed E-state index contributed by atoms with van der Waals surface area (Å²) in [6.45, 7) is 5.70. The molecule has 1 aromatic rings. The molecule has 2 aliphatic rings. The monoisotopic (exact) mass is 319 g/mol. The first-order valence-corrected chi connectivity index (χ1v) is 8.21. The van der Waals surface area contributed by atoms with Crippen LogP contribution in [0.4, 0.5) is 10.6 Å². The molecule has 3 rings (SSSR count). The van der Waals surface area contributed by atoms with Gasteiger partial charge in [-0.25, -0.2) is 9.78 Å². The number of rotatable bonds is 2. The molecule has 6 nitrogen and oxygen atoms in total. The first-order valence-electron chi connectivity index (χ1n) is 8.21. The number of anilines is 1. The Hall–Kier alpha value is -1.98. The van der Waals surface area contributed by atoms with Gasteiger partial charge in [0.05, 0.1) is 6.20 Å². The van der Waals surface area contributed by atoms with Crippen LogP contribution in [0.25, 0.3) is 0 Å². The van der Waals surface area contributed by atoms with Crippen LogP contribution in [0.15, 0.2) is 18.3 Å². The Morgan fingerprint density at radius 3 is 2.43 bits per heavy atom. The fraction of sp³-hybridized carbons (Fsp3) is 0.647. The lowest BCUT2D eigenvalue weighted by Crippen LogP contribution is -2.50. The Morgan fingerprint density at radius 1 is 1.26 bits per heavy atom. The van der Waals surface area contributed by atoms with Crippen LogP contribution >= 0.6 is 0 Å². The van der Waals surface area contributed by atoms with Crippen LogP contribution in [0.1, 0.15) is 46.5 Å². The molecule has 126 valence electrons. The van der Waals surface area contributed by atoms with Crippen molar-refractivity contribution in [1.82, 2.24) is 9.88 Å². The standard InChI is InChI=1S/C17H25N3O3/c1-17(2,3)23-16(21)20-11-4-5-12(20)9-14(8-11)22-13-6-7-15(18)19-10-13/h6-7,10-12,14H,4-5,8-9H2,1-3H3,(H2,18,19). The van der Waals surface area contributed by atoms with Crippen LogP contribution < -0.4 is 10.5 Å². The molecule has 0 spiro atoms. The molecular formula is C17H25N3O3. The number of hydrogen-bond donors (Lipinski definition) is 1. The van der Waals surface area contributed by atoms with Crippen LogP contribution in [0.3, 0.4) is 0 Å². The highest BCUT2D eigenvalue weighted by Gasteiger charge is 2.45. The van der Waals surface area contributed by atoms with Gasteiger partial charge in [-0.1, -0.05) is 0 Å². The van der Waals surface area contributed by atoms with Gasteiger partial charge in [-0.2, -0.15) is 0 Å².